The Bertz CT molecular complexity index is 157. The highest BCUT2D eigenvalue weighted by atomic mass is 16.1. The molecule has 0 aromatic carbocycles. The Morgan fingerprint density at radius 2 is 2.00 bits per heavy atom. The summed E-state index contributed by atoms with van der Waals surface area (Å²) in [5.41, 5.74) is 5.07. The van der Waals surface area contributed by atoms with Gasteiger partial charge in [0.1, 0.15) is 5.78 Å². The molecule has 0 unspecified atom stereocenters. The van der Waals surface area contributed by atoms with Gasteiger partial charge >= 0.3 is 0 Å². The zero-order chi connectivity index (χ0) is 9.40. The highest BCUT2D eigenvalue weighted by Crippen LogP contribution is 1.93. The number of carbonyl (C=O) groups is 2. The molecule has 0 saturated heterocycles. The van der Waals surface area contributed by atoms with Crippen molar-refractivity contribution in [2.75, 3.05) is 13.1 Å². The molecule has 0 fully saturated rings. The van der Waals surface area contributed by atoms with Crippen LogP contribution < -0.4 is 11.1 Å². The van der Waals surface area contributed by atoms with Crippen LogP contribution in [0.15, 0.2) is 0 Å². The van der Waals surface area contributed by atoms with Gasteiger partial charge in [-0.1, -0.05) is 0 Å². The zero-order valence-corrected chi connectivity index (χ0v) is 7.43. The van der Waals surface area contributed by atoms with Crippen LogP contribution >= 0.6 is 0 Å². The summed E-state index contributed by atoms with van der Waals surface area (Å²) >= 11 is 0. The molecule has 0 atom stereocenters. The Balaban J connectivity index is 3.11. The van der Waals surface area contributed by atoms with Crippen LogP contribution in [-0.4, -0.2) is 24.8 Å². The molecule has 4 nitrogen and oxygen atoms in total. The van der Waals surface area contributed by atoms with Crippen molar-refractivity contribution in [1.82, 2.24) is 5.32 Å². The van der Waals surface area contributed by atoms with E-state index in [1.165, 1.54) is 0 Å². The molecule has 12 heavy (non-hydrogen) atoms. The van der Waals surface area contributed by atoms with Crippen molar-refractivity contribution >= 4 is 11.7 Å². The molecule has 0 spiro atoms. The number of ketones is 1. The van der Waals surface area contributed by atoms with Crippen LogP contribution in [0, 0.1) is 0 Å². The van der Waals surface area contributed by atoms with Crippen molar-refractivity contribution in [3.05, 3.63) is 0 Å². The predicted octanol–water partition coefficient (Wildman–Crippen LogP) is -0.179. The number of rotatable bonds is 6. The number of Topliss-reactive ketones (excluding diaryl/α,β-unsaturated/α-hetero) is 1. The van der Waals surface area contributed by atoms with Crippen LogP contribution in [0.5, 0.6) is 0 Å². The molecule has 0 bridgehead atoms. The first-order chi connectivity index (χ1) is 5.66. The molecule has 0 heterocycles. The van der Waals surface area contributed by atoms with Crippen LogP contribution in [0.25, 0.3) is 0 Å². The van der Waals surface area contributed by atoms with Crippen molar-refractivity contribution in [2.24, 2.45) is 5.73 Å². The number of nitrogens with two attached hydrogens (primary N) is 1. The SMILES string of the molecule is CC(=O)CCCCNC(=O)CN. The molecule has 1 amide bonds. The topological polar surface area (TPSA) is 72.2 Å². The van der Waals surface area contributed by atoms with Crippen molar-refractivity contribution in [1.29, 1.82) is 0 Å². The molecule has 0 rings (SSSR count). The van der Waals surface area contributed by atoms with Crippen molar-refractivity contribution in [2.45, 2.75) is 26.2 Å². The Hall–Kier alpha value is -0.900. The molecule has 0 aliphatic rings. The van der Waals surface area contributed by atoms with Gasteiger partial charge in [0.15, 0.2) is 0 Å². The lowest BCUT2D eigenvalue weighted by Crippen LogP contribution is -2.30. The third kappa shape index (κ3) is 7.21. The standard InChI is InChI=1S/C8H16N2O2/c1-7(11)4-2-3-5-10-8(12)6-9/h2-6,9H2,1H3,(H,10,12). The van der Waals surface area contributed by atoms with E-state index in [0.717, 1.165) is 12.8 Å². The number of carbonyl (C=O) groups excluding carboxylic acids is 2. The minimum Gasteiger partial charge on any atom is -0.355 e. The lowest BCUT2D eigenvalue weighted by molar-refractivity contribution is -0.119. The molecule has 0 aromatic rings. The summed E-state index contributed by atoms with van der Waals surface area (Å²) in [6, 6.07) is 0. The summed E-state index contributed by atoms with van der Waals surface area (Å²) in [6.45, 7) is 2.22. The molecular formula is C8H16N2O2. The van der Waals surface area contributed by atoms with Crippen LogP contribution in [0.1, 0.15) is 26.2 Å². The molecule has 0 radical (unpaired) electrons. The van der Waals surface area contributed by atoms with Crippen LogP contribution in [-0.2, 0) is 9.59 Å². The first kappa shape index (κ1) is 11.1. The minimum absolute atomic E-state index is 0.0344. The summed E-state index contributed by atoms with van der Waals surface area (Å²) in [7, 11) is 0. The highest BCUT2D eigenvalue weighted by molar-refractivity contribution is 5.77. The second-order valence-electron chi connectivity index (χ2n) is 2.71. The molecule has 70 valence electrons. The summed E-state index contributed by atoms with van der Waals surface area (Å²) < 4.78 is 0. The summed E-state index contributed by atoms with van der Waals surface area (Å²) in [5, 5.41) is 2.63. The second kappa shape index (κ2) is 6.79. The Morgan fingerprint density at radius 1 is 1.33 bits per heavy atom. The zero-order valence-electron chi connectivity index (χ0n) is 7.43. The summed E-state index contributed by atoms with van der Waals surface area (Å²) in [4.78, 5) is 21.1. The Kier molecular flexibility index (Phi) is 6.28. The molecule has 0 aromatic heterocycles. The largest absolute Gasteiger partial charge is 0.355 e. The lowest BCUT2D eigenvalue weighted by atomic mass is 10.2. The van der Waals surface area contributed by atoms with Crippen molar-refractivity contribution in [3.8, 4) is 0 Å². The molecule has 0 saturated carbocycles. The van der Waals surface area contributed by atoms with Crippen LogP contribution in [0.4, 0.5) is 0 Å². The molecular weight excluding hydrogens is 156 g/mol. The third-order valence-corrected chi connectivity index (χ3v) is 1.46. The van der Waals surface area contributed by atoms with E-state index in [0.29, 0.717) is 13.0 Å². The van der Waals surface area contributed by atoms with E-state index in [1.54, 1.807) is 6.92 Å². The predicted molar refractivity (Wildman–Crippen MR) is 46.6 cm³/mol. The number of hydrogen-bond donors (Lipinski definition) is 2. The molecule has 0 aliphatic heterocycles. The Labute approximate surface area is 72.5 Å². The van der Waals surface area contributed by atoms with Gasteiger partial charge in [-0.2, -0.15) is 0 Å². The summed E-state index contributed by atoms with van der Waals surface area (Å²) in [5.74, 6) is 0.0537. The fraction of sp³-hybridized carbons (Fsp3) is 0.750. The van der Waals surface area contributed by atoms with E-state index in [4.69, 9.17) is 5.73 Å². The maximum Gasteiger partial charge on any atom is 0.233 e. The number of amides is 1. The van der Waals surface area contributed by atoms with Gasteiger partial charge < -0.3 is 15.8 Å². The fourth-order valence-corrected chi connectivity index (χ4v) is 0.799. The molecule has 4 heteroatoms. The van der Waals surface area contributed by atoms with Crippen LogP contribution in [0.2, 0.25) is 0 Å². The van der Waals surface area contributed by atoms with E-state index >= 15 is 0 Å². The summed E-state index contributed by atoms with van der Waals surface area (Å²) in [6.07, 6.45) is 2.27. The first-order valence-electron chi connectivity index (χ1n) is 4.13. The van der Waals surface area contributed by atoms with E-state index in [9.17, 15) is 9.59 Å². The maximum atomic E-state index is 10.6. The first-order valence-corrected chi connectivity index (χ1v) is 4.13. The van der Waals surface area contributed by atoms with Gasteiger partial charge in [-0.15, -0.1) is 0 Å². The van der Waals surface area contributed by atoms with E-state index in [-0.39, 0.29) is 18.2 Å². The number of hydrogen-bond acceptors (Lipinski definition) is 3. The van der Waals surface area contributed by atoms with Gasteiger partial charge in [0, 0.05) is 13.0 Å². The Morgan fingerprint density at radius 3 is 2.50 bits per heavy atom. The van der Waals surface area contributed by atoms with E-state index in [1.807, 2.05) is 0 Å². The highest BCUT2D eigenvalue weighted by Gasteiger charge is 1.96. The van der Waals surface area contributed by atoms with Crippen molar-refractivity contribution in [3.63, 3.8) is 0 Å². The average Bonchev–Trinajstić information content (AvgIpc) is 2.03. The lowest BCUT2D eigenvalue weighted by Gasteiger charge is -2.01. The fourth-order valence-electron chi connectivity index (χ4n) is 0.799. The van der Waals surface area contributed by atoms with Gasteiger partial charge in [-0.3, -0.25) is 4.79 Å². The monoisotopic (exact) mass is 172 g/mol. The second-order valence-corrected chi connectivity index (χ2v) is 2.71. The molecule has 0 aliphatic carbocycles. The number of unbranched alkanes of at least 4 members (excludes halogenated alkanes) is 1. The van der Waals surface area contributed by atoms with Gasteiger partial charge in [0.2, 0.25) is 5.91 Å². The van der Waals surface area contributed by atoms with Gasteiger partial charge in [0.25, 0.3) is 0 Å². The van der Waals surface area contributed by atoms with Crippen LogP contribution in [0.3, 0.4) is 0 Å². The van der Waals surface area contributed by atoms with Crippen molar-refractivity contribution < 1.29 is 9.59 Å². The quantitative estimate of drug-likeness (QED) is 0.546. The van der Waals surface area contributed by atoms with E-state index in [2.05, 4.69) is 5.32 Å². The van der Waals surface area contributed by atoms with Gasteiger partial charge in [-0.25, -0.2) is 0 Å². The molecule has 3 N–H and O–H groups in total. The minimum atomic E-state index is -0.141. The average molecular weight is 172 g/mol. The number of nitrogens with one attached hydrogen (secondary N) is 1. The van der Waals surface area contributed by atoms with Gasteiger partial charge in [-0.05, 0) is 19.8 Å². The third-order valence-electron chi connectivity index (χ3n) is 1.46. The van der Waals surface area contributed by atoms with Gasteiger partial charge in [0.05, 0.1) is 6.54 Å². The van der Waals surface area contributed by atoms with E-state index < -0.39 is 0 Å². The normalized spacial score (nSPS) is 9.50. The maximum absolute atomic E-state index is 10.6. The smallest absolute Gasteiger partial charge is 0.233 e.